The summed E-state index contributed by atoms with van der Waals surface area (Å²) < 4.78 is 6.84. The third-order valence-corrected chi connectivity index (χ3v) is 5.22. The van der Waals surface area contributed by atoms with Crippen molar-refractivity contribution in [1.29, 1.82) is 10.5 Å². The van der Waals surface area contributed by atoms with Crippen LogP contribution in [0, 0.1) is 36.5 Å². The van der Waals surface area contributed by atoms with Crippen molar-refractivity contribution in [3.63, 3.8) is 0 Å². The highest BCUT2D eigenvalue weighted by Gasteiger charge is 2.19. The molecule has 0 saturated carbocycles. The molecule has 0 aliphatic heterocycles. The molecule has 0 radical (unpaired) electrons. The molecule has 8 heteroatoms. The Morgan fingerprint density at radius 1 is 1.20 bits per heavy atom. The van der Waals surface area contributed by atoms with E-state index >= 15 is 0 Å². The van der Waals surface area contributed by atoms with Crippen molar-refractivity contribution < 1.29 is 9.53 Å². The lowest BCUT2D eigenvalue weighted by molar-refractivity contribution is 0.150. The largest absolute Gasteiger partial charge is 0.445 e. The van der Waals surface area contributed by atoms with Crippen molar-refractivity contribution in [1.82, 2.24) is 9.55 Å². The predicted molar refractivity (Wildman–Crippen MR) is 111 cm³/mol. The number of carbonyl (C=O) groups excluding carboxylic acids is 1. The summed E-state index contributed by atoms with van der Waals surface area (Å²) in [5.41, 5.74) is 11.0. The molecule has 150 valence electrons. The van der Waals surface area contributed by atoms with E-state index in [1.165, 1.54) is 0 Å². The number of pyridine rings is 1. The minimum absolute atomic E-state index is 0.0708. The van der Waals surface area contributed by atoms with Gasteiger partial charge in [0, 0.05) is 35.3 Å². The molecule has 0 saturated heterocycles. The van der Waals surface area contributed by atoms with Crippen LogP contribution >= 0.6 is 11.6 Å². The molecule has 2 heterocycles. The van der Waals surface area contributed by atoms with Crippen LogP contribution in [-0.4, -0.2) is 15.6 Å². The molecule has 3 aromatic rings. The molecule has 1 aromatic carbocycles. The molecule has 0 bridgehead atoms. The van der Waals surface area contributed by atoms with Gasteiger partial charge in [0.25, 0.3) is 0 Å². The number of rotatable bonds is 5. The van der Waals surface area contributed by atoms with Crippen molar-refractivity contribution in [2.45, 2.75) is 27.0 Å². The summed E-state index contributed by atoms with van der Waals surface area (Å²) >= 11 is 6.09. The number of nitrogens with two attached hydrogens (primary N) is 1. The fourth-order valence-electron chi connectivity index (χ4n) is 3.38. The smallest absolute Gasteiger partial charge is 0.404 e. The number of nitrogens with zero attached hydrogens (tertiary/aromatic N) is 4. The number of amides is 1. The number of hydrogen-bond donors (Lipinski definition) is 1. The first-order valence-electron chi connectivity index (χ1n) is 9.01. The average molecular weight is 420 g/mol. The number of ether oxygens (including phenoxy) is 1. The zero-order valence-corrected chi connectivity index (χ0v) is 17.2. The van der Waals surface area contributed by atoms with E-state index in [4.69, 9.17) is 27.3 Å². The second-order valence-electron chi connectivity index (χ2n) is 6.71. The van der Waals surface area contributed by atoms with Crippen LogP contribution in [0.3, 0.4) is 0 Å². The van der Waals surface area contributed by atoms with E-state index in [0.29, 0.717) is 23.2 Å². The predicted octanol–water partition coefficient (Wildman–Crippen LogP) is 4.21. The lowest BCUT2D eigenvalue weighted by Crippen LogP contribution is -2.13. The van der Waals surface area contributed by atoms with Crippen LogP contribution in [0.25, 0.3) is 11.1 Å². The molecular weight excluding hydrogens is 402 g/mol. The van der Waals surface area contributed by atoms with E-state index in [-0.39, 0.29) is 11.8 Å². The lowest BCUT2D eigenvalue weighted by Gasteiger charge is -2.12. The minimum atomic E-state index is -0.890. The number of nitriles is 2. The van der Waals surface area contributed by atoms with Gasteiger partial charge in [0.1, 0.15) is 17.8 Å². The van der Waals surface area contributed by atoms with Crippen LogP contribution < -0.4 is 5.73 Å². The van der Waals surface area contributed by atoms with E-state index in [1.807, 2.05) is 30.5 Å². The quantitative estimate of drug-likeness (QED) is 0.621. The number of halogens is 1. The monoisotopic (exact) mass is 419 g/mol. The average Bonchev–Trinajstić information content (AvgIpc) is 2.98. The van der Waals surface area contributed by atoms with Gasteiger partial charge in [-0.1, -0.05) is 23.7 Å². The molecule has 2 N–H and O–H groups in total. The van der Waals surface area contributed by atoms with Crippen molar-refractivity contribution in [3.05, 3.63) is 75.3 Å². The number of hydrogen-bond acceptors (Lipinski definition) is 5. The van der Waals surface area contributed by atoms with Gasteiger partial charge >= 0.3 is 6.09 Å². The fourth-order valence-corrected chi connectivity index (χ4v) is 3.54. The Bertz CT molecular complexity index is 1200. The summed E-state index contributed by atoms with van der Waals surface area (Å²) in [7, 11) is 0. The van der Waals surface area contributed by atoms with E-state index in [9.17, 15) is 10.1 Å². The Kier molecular flexibility index (Phi) is 6.06. The zero-order valence-electron chi connectivity index (χ0n) is 16.4. The van der Waals surface area contributed by atoms with Gasteiger partial charge in [0.2, 0.25) is 0 Å². The van der Waals surface area contributed by atoms with Gasteiger partial charge in [-0.15, -0.1) is 0 Å². The van der Waals surface area contributed by atoms with Crippen molar-refractivity contribution in [2.75, 3.05) is 0 Å². The fraction of sp³-hybridized carbons (Fsp3) is 0.182. The van der Waals surface area contributed by atoms with Gasteiger partial charge in [-0.2, -0.15) is 10.5 Å². The summed E-state index contributed by atoms with van der Waals surface area (Å²) in [6.07, 6.45) is 0.752. The maximum Gasteiger partial charge on any atom is 0.404 e. The summed E-state index contributed by atoms with van der Waals surface area (Å²) in [4.78, 5) is 15.0. The van der Waals surface area contributed by atoms with Crippen molar-refractivity contribution in [3.8, 4) is 23.3 Å². The Morgan fingerprint density at radius 2 is 1.90 bits per heavy atom. The van der Waals surface area contributed by atoms with E-state index in [1.54, 1.807) is 24.4 Å². The number of primary amides is 1. The highest BCUT2D eigenvalue weighted by Crippen LogP contribution is 2.32. The molecule has 1 amide bonds. The summed E-state index contributed by atoms with van der Waals surface area (Å²) in [6.45, 7) is 4.22. The third-order valence-electron chi connectivity index (χ3n) is 4.88. The van der Waals surface area contributed by atoms with Crippen LogP contribution in [0.4, 0.5) is 4.79 Å². The number of aromatic nitrogens is 2. The summed E-state index contributed by atoms with van der Waals surface area (Å²) in [5.74, 6) is 0. The van der Waals surface area contributed by atoms with Crippen LogP contribution in [0.1, 0.15) is 33.6 Å². The molecular formula is C22H18ClN5O2. The van der Waals surface area contributed by atoms with Crippen molar-refractivity contribution >= 4 is 17.7 Å². The first-order valence-corrected chi connectivity index (χ1v) is 9.39. The molecule has 3 rings (SSSR count). The van der Waals surface area contributed by atoms with Crippen molar-refractivity contribution in [2.24, 2.45) is 5.73 Å². The molecule has 0 fully saturated rings. The van der Waals surface area contributed by atoms with Gasteiger partial charge in [-0.3, -0.25) is 0 Å². The maximum atomic E-state index is 10.9. The first-order chi connectivity index (χ1) is 14.3. The summed E-state index contributed by atoms with van der Waals surface area (Å²) in [5, 5.41) is 19.0. The molecule has 0 unspecified atom stereocenters. The maximum absolute atomic E-state index is 10.9. The van der Waals surface area contributed by atoms with E-state index < -0.39 is 6.09 Å². The second-order valence-corrected chi connectivity index (χ2v) is 7.07. The van der Waals surface area contributed by atoms with Gasteiger partial charge in [-0.05, 0) is 43.2 Å². The Labute approximate surface area is 178 Å². The normalized spacial score (nSPS) is 10.3. The van der Waals surface area contributed by atoms with Crippen LogP contribution in [0.2, 0.25) is 5.15 Å². The number of benzene rings is 1. The highest BCUT2D eigenvalue weighted by molar-refractivity contribution is 6.30. The number of carbonyl (C=O) groups is 1. The standard InChI is InChI=1S/C22H18ClN5O2/c1-13-19(9-25)20(17-5-3-15(8-24)4-6-17)14(2)28(13)11-16-7-18(12-30-22(26)29)21(23)27-10-16/h3-7,10H,11-12H2,1-2H3,(H2,26,29). The van der Waals surface area contributed by atoms with E-state index in [2.05, 4.69) is 17.1 Å². The minimum Gasteiger partial charge on any atom is -0.445 e. The third kappa shape index (κ3) is 4.12. The van der Waals surface area contributed by atoms with Crippen LogP contribution in [0.5, 0.6) is 0 Å². The molecule has 2 aromatic heterocycles. The highest BCUT2D eigenvalue weighted by atomic mass is 35.5. The van der Waals surface area contributed by atoms with Crippen LogP contribution in [0.15, 0.2) is 36.5 Å². The Hall–Kier alpha value is -3.81. The molecule has 7 nitrogen and oxygen atoms in total. The Morgan fingerprint density at radius 3 is 2.50 bits per heavy atom. The second kappa shape index (κ2) is 8.69. The molecule has 0 aliphatic carbocycles. The lowest BCUT2D eigenvalue weighted by atomic mass is 10.0. The van der Waals surface area contributed by atoms with E-state index in [0.717, 1.165) is 28.1 Å². The summed E-state index contributed by atoms with van der Waals surface area (Å²) in [6, 6.07) is 13.3. The zero-order chi connectivity index (χ0) is 21.8. The van der Waals surface area contributed by atoms with Crippen LogP contribution in [-0.2, 0) is 17.9 Å². The molecule has 0 aliphatic rings. The van der Waals surface area contributed by atoms with Gasteiger partial charge in [0.15, 0.2) is 0 Å². The Balaban J connectivity index is 2.01. The molecule has 0 atom stereocenters. The SMILES string of the molecule is Cc1c(C#N)c(-c2ccc(C#N)cc2)c(C)n1Cc1cnc(Cl)c(COC(N)=O)c1. The molecule has 0 spiro atoms. The van der Waals surface area contributed by atoms with Gasteiger partial charge in [0.05, 0.1) is 17.2 Å². The van der Waals surface area contributed by atoms with Gasteiger partial charge in [-0.25, -0.2) is 9.78 Å². The molecule has 30 heavy (non-hydrogen) atoms. The first kappa shape index (κ1) is 20.9. The topological polar surface area (TPSA) is 118 Å². The van der Waals surface area contributed by atoms with Gasteiger partial charge < -0.3 is 15.0 Å².